The number of rotatable bonds is 6. The van der Waals surface area contributed by atoms with Crippen LogP contribution in [-0.4, -0.2) is 22.9 Å². The zero-order chi connectivity index (χ0) is 20.8. The summed E-state index contributed by atoms with van der Waals surface area (Å²) in [4.78, 5) is 0. The van der Waals surface area contributed by atoms with E-state index in [1.165, 1.54) is 64.2 Å². The lowest BCUT2D eigenvalue weighted by atomic mass is 9.44. The molecule has 4 aliphatic carbocycles. The number of aliphatic hydroxyl groups excluding tert-OH is 2. The van der Waals surface area contributed by atoms with Crippen LogP contribution in [0.15, 0.2) is 0 Å². The van der Waals surface area contributed by atoms with Gasteiger partial charge in [-0.25, -0.2) is 0 Å². The van der Waals surface area contributed by atoms with Crippen LogP contribution in [0.4, 0.5) is 0 Å². The van der Waals surface area contributed by atoms with Crippen LogP contribution in [0.5, 0.6) is 0 Å². The Labute approximate surface area is 180 Å². The Kier molecular flexibility index (Phi) is 6.45. The van der Waals surface area contributed by atoms with Crippen LogP contribution in [0.3, 0.4) is 0 Å². The Balaban J connectivity index is 1.48. The van der Waals surface area contributed by atoms with Crippen molar-refractivity contribution in [3.63, 3.8) is 0 Å². The fraction of sp³-hybridized carbons (Fsp3) is 1.00. The van der Waals surface area contributed by atoms with E-state index in [0.29, 0.717) is 35.2 Å². The average Bonchev–Trinajstić information content (AvgIpc) is 2.97. The smallest absolute Gasteiger partial charge is 0.0579 e. The molecule has 4 aliphatic rings. The lowest BCUT2D eigenvalue weighted by molar-refractivity contribution is -0.115. The van der Waals surface area contributed by atoms with E-state index < -0.39 is 0 Å². The Morgan fingerprint density at radius 3 is 2.45 bits per heavy atom. The van der Waals surface area contributed by atoms with Gasteiger partial charge in [-0.05, 0) is 104 Å². The Hall–Kier alpha value is -0.0800. The first-order valence-corrected chi connectivity index (χ1v) is 13.1. The second kappa shape index (κ2) is 8.45. The van der Waals surface area contributed by atoms with Gasteiger partial charge in [-0.3, -0.25) is 0 Å². The Morgan fingerprint density at radius 2 is 1.69 bits per heavy atom. The van der Waals surface area contributed by atoms with Crippen LogP contribution in [-0.2, 0) is 0 Å². The summed E-state index contributed by atoms with van der Waals surface area (Å²) < 4.78 is 0. The van der Waals surface area contributed by atoms with Gasteiger partial charge in [0.1, 0.15) is 0 Å². The highest BCUT2D eigenvalue weighted by molar-refractivity contribution is 5.11. The van der Waals surface area contributed by atoms with Gasteiger partial charge < -0.3 is 10.2 Å². The maximum atomic E-state index is 11.3. The van der Waals surface area contributed by atoms with Crippen LogP contribution in [0, 0.1) is 52.3 Å². The van der Waals surface area contributed by atoms with Crippen LogP contribution in [0.2, 0.25) is 0 Å². The zero-order valence-corrected chi connectivity index (χ0v) is 19.7. The van der Waals surface area contributed by atoms with E-state index in [0.717, 1.165) is 36.5 Å². The molecule has 0 saturated heterocycles. The first-order valence-electron chi connectivity index (χ1n) is 13.1. The van der Waals surface area contributed by atoms with E-state index in [-0.39, 0.29) is 6.10 Å². The molecule has 0 spiro atoms. The lowest BCUT2D eigenvalue weighted by Crippen LogP contribution is -2.53. The summed E-state index contributed by atoms with van der Waals surface area (Å²) in [5.41, 5.74) is 0.943. The van der Waals surface area contributed by atoms with Crippen molar-refractivity contribution in [2.75, 3.05) is 6.61 Å². The second-order valence-corrected chi connectivity index (χ2v) is 12.5. The molecule has 0 aromatic carbocycles. The molecule has 0 bridgehead atoms. The van der Waals surface area contributed by atoms with Crippen LogP contribution in [0.25, 0.3) is 0 Å². The lowest BCUT2D eigenvalue weighted by Gasteiger charge is -2.60. The predicted molar refractivity (Wildman–Crippen MR) is 120 cm³/mol. The average molecular weight is 405 g/mol. The number of hydrogen-bond acceptors (Lipinski definition) is 2. The normalized spacial score (nSPS) is 49.0. The van der Waals surface area contributed by atoms with Gasteiger partial charge >= 0.3 is 0 Å². The SMILES string of the molecule is CC(CO)CCC[C@@H](C)[C@H]1C(O)C[C@H]2[C@@H]3CCC4CCCC[C@]4(C)[C@H]3CC[C@]12C. The molecule has 4 saturated carbocycles. The Bertz CT molecular complexity index is 561. The third-order valence-electron chi connectivity index (χ3n) is 11.0. The van der Waals surface area contributed by atoms with E-state index in [9.17, 15) is 10.2 Å². The minimum atomic E-state index is -0.0918. The molecule has 168 valence electrons. The molecule has 2 heteroatoms. The fourth-order valence-electron chi connectivity index (χ4n) is 9.44. The highest BCUT2D eigenvalue weighted by Gasteiger charge is 2.62. The summed E-state index contributed by atoms with van der Waals surface area (Å²) in [6, 6.07) is 0. The van der Waals surface area contributed by atoms with E-state index in [1.54, 1.807) is 0 Å². The molecule has 29 heavy (non-hydrogen) atoms. The highest BCUT2D eigenvalue weighted by atomic mass is 16.3. The number of fused-ring (bicyclic) bond motifs is 5. The molecule has 2 nitrogen and oxygen atoms in total. The quantitative estimate of drug-likeness (QED) is 0.534. The maximum absolute atomic E-state index is 11.3. The monoisotopic (exact) mass is 404 g/mol. The van der Waals surface area contributed by atoms with Crippen molar-refractivity contribution in [2.24, 2.45) is 52.3 Å². The van der Waals surface area contributed by atoms with Gasteiger partial charge in [0, 0.05) is 6.61 Å². The molecule has 0 aromatic rings. The van der Waals surface area contributed by atoms with Crippen molar-refractivity contribution >= 4 is 0 Å². The molecule has 2 N–H and O–H groups in total. The first-order chi connectivity index (χ1) is 13.8. The van der Waals surface area contributed by atoms with E-state index in [2.05, 4.69) is 27.7 Å². The van der Waals surface area contributed by atoms with Crippen molar-refractivity contribution in [1.82, 2.24) is 0 Å². The van der Waals surface area contributed by atoms with Crippen molar-refractivity contribution in [1.29, 1.82) is 0 Å². The summed E-state index contributed by atoms with van der Waals surface area (Å²) in [5.74, 6) is 5.02. The van der Waals surface area contributed by atoms with Gasteiger partial charge in [0.05, 0.1) is 6.10 Å². The molecule has 4 fully saturated rings. The molecule has 0 aliphatic heterocycles. The van der Waals surface area contributed by atoms with Gasteiger partial charge in [-0.1, -0.05) is 53.4 Å². The summed E-state index contributed by atoms with van der Waals surface area (Å²) >= 11 is 0. The van der Waals surface area contributed by atoms with Crippen LogP contribution >= 0.6 is 0 Å². The molecule has 0 heterocycles. The topological polar surface area (TPSA) is 40.5 Å². The van der Waals surface area contributed by atoms with Crippen molar-refractivity contribution in [3.05, 3.63) is 0 Å². The van der Waals surface area contributed by atoms with Gasteiger partial charge in [0.15, 0.2) is 0 Å². The largest absolute Gasteiger partial charge is 0.396 e. The maximum Gasteiger partial charge on any atom is 0.0579 e. The summed E-state index contributed by atoms with van der Waals surface area (Å²) in [6.45, 7) is 10.1. The highest BCUT2D eigenvalue weighted by Crippen LogP contribution is 2.68. The Morgan fingerprint density at radius 1 is 0.897 bits per heavy atom. The molecule has 0 amide bonds. The molecule has 10 atom stereocenters. The third kappa shape index (κ3) is 3.73. The predicted octanol–water partition coefficient (Wildman–Crippen LogP) is 6.44. The molecule has 3 unspecified atom stereocenters. The van der Waals surface area contributed by atoms with E-state index in [4.69, 9.17) is 0 Å². The third-order valence-corrected chi connectivity index (χ3v) is 11.0. The minimum Gasteiger partial charge on any atom is -0.396 e. The number of aliphatic hydroxyl groups is 2. The van der Waals surface area contributed by atoms with Crippen molar-refractivity contribution in [2.45, 2.75) is 111 Å². The van der Waals surface area contributed by atoms with Crippen LogP contribution < -0.4 is 0 Å². The molecule has 0 aromatic heterocycles. The summed E-state index contributed by atoms with van der Waals surface area (Å²) in [5, 5.41) is 20.6. The molecule has 0 radical (unpaired) electrons. The van der Waals surface area contributed by atoms with Gasteiger partial charge in [0.2, 0.25) is 0 Å². The van der Waals surface area contributed by atoms with Crippen molar-refractivity contribution < 1.29 is 10.2 Å². The first kappa shape index (κ1) is 22.1. The van der Waals surface area contributed by atoms with Gasteiger partial charge in [-0.15, -0.1) is 0 Å². The standard InChI is InChI=1S/C27H48O2/c1-18(17-28)8-7-9-19(2)25-24(29)16-23-21-12-11-20-10-5-6-14-26(20,3)22(21)13-15-27(23,25)4/h18-25,28-29H,5-17H2,1-4H3/t18?,19-,20?,21-,22+,23+,24?,25+,26+,27+/m1/s1. The van der Waals surface area contributed by atoms with E-state index in [1.807, 2.05) is 0 Å². The van der Waals surface area contributed by atoms with Crippen molar-refractivity contribution in [3.8, 4) is 0 Å². The summed E-state index contributed by atoms with van der Waals surface area (Å²) in [7, 11) is 0. The molecular weight excluding hydrogens is 356 g/mol. The van der Waals surface area contributed by atoms with Crippen LogP contribution in [0.1, 0.15) is 105 Å². The summed E-state index contributed by atoms with van der Waals surface area (Å²) in [6.07, 6.45) is 16.0. The minimum absolute atomic E-state index is 0.0918. The molecular formula is C27H48O2. The van der Waals surface area contributed by atoms with Gasteiger partial charge in [0.25, 0.3) is 0 Å². The zero-order valence-electron chi connectivity index (χ0n) is 19.7. The number of hydrogen-bond donors (Lipinski definition) is 2. The second-order valence-electron chi connectivity index (χ2n) is 12.5. The molecule has 4 rings (SSSR count). The van der Waals surface area contributed by atoms with E-state index >= 15 is 0 Å². The fourth-order valence-corrected chi connectivity index (χ4v) is 9.44. The van der Waals surface area contributed by atoms with Gasteiger partial charge in [-0.2, -0.15) is 0 Å².